The fourth-order valence-electron chi connectivity index (χ4n) is 3.07. The first kappa shape index (κ1) is 17.5. The lowest BCUT2D eigenvalue weighted by atomic mass is 9.98. The fraction of sp³-hybridized carbons (Fsp3) is 0.100. The van der Waals surface area contributed by atoms with Gasteiger partial charge in [-0.2, -0.15) is 5.26 Å². The number of nitrogens with two attached hydrogens (primary N) is 1. The lowest BCUT2D eigenvalue weighted by Gasteiger charge is -2.30. The van der Waals surface area contributed by atoms with Gasteiger partial charge < -0.3 is 10.5 Å². The Hall–Kier alpha value is -2.88. The van der Waals surface area contributed by atoms with Crippen LogP contribution in [0.15, 0.2) is 70.3 Å². The lowest BCUT2D eigenvalue weighted by molar-refractivity contribution is 0.414. The highest BCUT2D eigenvalue weighted by molar-refractivity contribution is 8.16. The topological polar surface area (TPSA) is 74.6 Å². The van der Waals surface area contributed by atoms with Gasteiger partial charge in [0.25, 0.3) is 0 Å². The summed E-state index contributed by atoms with van der Waals surface area (Å²) in [6.07, 6.45) is 0. The summed E-state index contributed by atoms with van der Waals surface area (Å²) in [5, 5.41) is 13.1. The minimum Gasteiger partial charge on any atom is -0.497 e. The van der Waals surface area contributed by atoms with Crippen molar-refractivity contribution in [2.75, 3.05) is 7.11 Å². The fourth-order valence-corrected chi connectivity index (χ4v) is 4.19. The molecule has 2 aliphatic heterocycles. The van der Waals surface area contributed by atoms with Gasteiger partial charge in [-0.25, -0.2) is 4.99 Å². The number of benzene rings is 2. The molecule has 0 aliphatic carbocycles. The van der Waals surface area contributed by atoms with Crippen molar-refractivity contribution >= 4 is 34.2 Å². The highest BCUT2D eigenvalue weighted by atomic mass is 35.5. The zero-order valence-electron chi connectivity index (χ0n) is 14.4. The van der Waals surface area contributed by atoms with Crippen LogP contribution in [0.1, 0.15) is 17.2 Å². The third-order valence-electron chi connectivity index (χ3n) is 4.41. The summed E-state index contributed by atoms with van der Waals surface area (Å²) >= 11 is 7.60. The Morgan fingerprint density at radius 3 is 2.70 bits per heavy atom. The maximum absolute atomic E-state index is 9.75. The van der Waals surface area contributed by atoms with Crippen molar-refractivity contribution in [3.05, 3.63) is 81.5 Å². The summed E-state index contributed by atoms with van der Waals surface area (Å²) < 4.78 is 5.22. The number of amidine groups is 1. The molecule has 4 rings (SSSR count). The van der Waals surface area contributed by atoms with Gasteiger partial charge in [0.1, 0.15) is 23.7 Å². The van der Waals surface area contributed by atoms with Crippen LogP contribution in [0.5, 0.6) is 5.75 Å². The minimum atomic E-state index is -0.462. The molecule has 1 atom stereocenters. The van der Waals surface area contributed by atoms with Crippen LogP contribution >= 0.6 is 23.4 Å². The smallest absolute Gasteiger partial charge is 0.174 e. The number of halogens is 1. The Morgan fingerprint density at radius 2 is 2.04 bits per heavy atom. The van der Waals surface area contributed by atoms with Gasteiger partial charge in [-0.3, -0.25) is 4.90 Å². The van der Waals surface area contributed by atoms with E-state index in [1.54, 1.807) is 13.2 Å². The van der Waals surface area contributed by atoms with E-state index in [9.17, 15) is 5.26 Å². The van der Waals surface area contributed by atoms with E-state index in [1.165, 1.54) is 11.8 Å². The van der Waals surface area contributed by atoms with Gasteiger partial charge in [-0.15, -0.1) is 0 Å². The molecule has 134 valence electrons. The highest BCUT2D eigenvalue weighted by Gasteiger charge is 2.35. The predicted octanol–water partition coefficient (Wildman–Crippen LogP) is 4.50. The molecular formula is C20H15ClN4OS. The first-order valence-corrected chi connectivity index (χ1v) is 9.42. The molecular weight excluding hydrogens is 380 g/mol. The molecule has 0 saturated carbocycles. The number of nitriles is 1. The molecule has 2 aromatic carbocycles. The van der Waals surface area contributed by atoms with Crippen LogP contribution < -0.4 is 10.5 Å². The van der Waals surface area contributed by atoms with E-state index in [2.05, 4.69) is 6.07 Å². The molecule has 27 heavy (non-hydrogen) atoms. The van der Waals surface area contributed by atoms with E-state index in [-0.39, 0.29) is 0 Å². The first-order chi connectivity index (χ1) is 13.1. The number of aliphatic imine (C=N–C) groups is 1. The third-order valence-corrected chi connectivity index (χ3v) is 5.48. The van der Waals surface area contributed by atoms with Crippen molar-refractivity contribution in [1.29, 1.82) is 5.26 Å². The summed E-state index contributed by atoms with van der Waals surface area (Å²) in [6, 6.07) is 16.8. The number of nitrogens with zero attached hydrogens (tertiary/aromatic N) is 3. The summed E-state index contributed by atoms with van der Waals surface area (Å²) in [7, 11) is 1.63. The van der Waals surface area contributed by atoms with Crippen LogP contribution in [0.25, 0.3) is 5.70 Å². The average molecular weight is 395 g/mol. The first-order valence-electron chi connectivity index (χ1n) is 8.16. The molecule has 0 aromatic heterocycles. The maximum Gasteiger partial charge on any atom is 0.174 e. The molecule has 5 nitrogen and oxygen atoms in total. The Morgan fingerprint density at radius 1 is 1.26 bits per heavy atom. The van der Waals surface area contributed by atoms with Gasteiger partial charge >= 0.3 is 0 Å². The molecule has 2 N–H and O–H groups in total. The van der Waals surface area contributed by atoms with E-state index >= 15 is 0 Å². The average Bonchev–Trinajstić information content (AvgIpc) is 3.12. The second-order valence-electron chi connectivity index (χ2n) is 5.96. The normalized spacial score (nSPS) is 18.6. The van der Waals surface area contributed by atoms with Crippen molar-refractivity contribution in [3.63, 3.8) is 0 Å². The van der Waals surface area contributed by atoms with Crippen LogP contribution in [-0.4, -0.2) is 17.2 Å². The van der Waals surface area contributed by atoms with Gasteiger partial charge in [-0.05, 0) is 47.5 Å². The standard InChI is InChI=1S/C20H15ClN4OS/c1-26-15-7-5-12(6-8-15)17-11-27-20-24-18(13-3-2-4-14(21)9-13)16(10-22)19(23)25(17)20/h2-9,11,18H,23H2,1H3. The van der Waals surface area contributed by atoms with E-state index in [0.29, 0.717) is 16.4 Å². The van der Waals surface area contributed by atoms with Crippen LogP contribution in [0.3, 0.4) is 0 Å². The number of hydrogen-bond donors (Lipinski definition) is 1. The van der Waals surface area contributed by atoms with Crippen molar-refractivity contribution in [2.45, 2.75) is 6.04 Å². The van der Waals surface area contributed by atoms with Crippen LogP contribution in [0.4, 0.5) is 0 Å². The van der Waals surface area contributed by atoms with Crippen LogP contribution in [0.2, 0.25) is 5.02 Å². The van der Waals surface area contributed by atoms with E-state index in [1.807, 2.05) is 52.8 Å². The molecule has 2 aliphatic rings. The second kappa shape index (κ2) is 7.03. The molecule has 0 bridgehead atoms. The Labute approximate surface area is 166 Å². The molecule has 0 radical (unpaired) electrons. The number of thioether (sulfide) groups is 1. The maximum atomic E-state index is 9.75. The van der Waals surface area contributed by atoms with Gasteiger partial charge in [0.15, 0.2) is 5.17 Å². The van der Waals surface area contributed by atoms with Crippen LogP contribution in [-0.2, 0) is 0 Å². The van der Waals surface area contributed by atoms with E-state index in [4.69, 9.17) is 27.1 Å². The molecule has 0 fully saturated rings. The van der Waals surface area contributed by atoms with E-state index in [0.717, 1.165) is 27.7 Å². The lowest BCUT2D eigenvalue weighted by Crippen LogP contribution is -2.33. The Balaban J connectivity index is 1.74. The monoisotopic (exact) mass is 394 g/mol. The molecule has 0 spiro atoms. The molecule has 0 amide bonds. The van der Waals surface area contributed by atoms with E-state index < -0.39 is 6.04 Å². The third kappa shape index (κ3) is 3.05. The number of rotatable bonds is 3. The molecule has 1 unspecified atom stereocenters. The minimum absolute atomic E-state index is 0.388. The SMILES string of the molecule is COc1ccc(C2=CSC3=NC(c4cccc(Cl)c4)C(C#N)=C(N)N23)cc1. The number of ether oxygens (including phenoxy) is 1. The van der Waals surface area contributed by atoms with Crippen molar-refractivity contribution in [2.24, 2.45) is 10.7 Å². The molecule has 0 saturated heterocycles. The summed E-state index contributed by atoms with van der Waals surface area (Å²) in [6.45, 7) is 0. The van der Waals surface area contributed by atoms with Gasteiger partial charge in [0, 0.05) is 10.4 Å². The molecule has 2 heterocycles. The van der Waals surface area contributed by atoms with Crippen molar-refractivity contribution in [3.8, 4) is 11.8 Å². The summed E-state index contributed by atoms with van der Waals surface area (Å²) in [5.74, 6) is 1.17. The molecule has 2 aromatic rings. The molecule has 7 heteroatoms. The highest BCUT2D eigenvalue weighted by Crippen LogP contribution is 2.43. The summed E-state index contributed by atoms with van der Waals surface area (Å²) in [4.78, 5) is 6.60. The van der Waals surface area contributed by atoms with Gasteiger partial charge in [-0.1, -0.05) is 35.5 Å². The van der Waals surface area contributed by atoms with Gasteiger partial charge in [0.05, 0.1) is 18.4 Å². The second-order valence-corrected chi connectivity index (χ2v) is 7.24. The Kier molecular flexibility index (Phi) is 4.56. The zero-order valence-corrected chi connectivity index (χ0v) is 16.0. The van der Waals surface area contributed by atoms with Gasteiger partial charge in [0.2, 0.25) is 0 Å². The number of hydrogen-bond acceptors (Lipinski definition) is 6. The number of methoxy groups -OCH3 is 1. The largest absolute Gasteiger partial charge is 0.497 e. The summed E-state index contributed by atoms with van der Waals surface area (Å²) in [5.41, 5.74) is 9.51. The Bertz CT molecular complexity index is 1040. The zero-order chi connectivity index (χ0) is 19.0. The quantitative estimate of drug-likeness (QED) is 0.829. The van der Waals surface area contributed by atoms with Crippen molar-refractivity contribution < 1.29 is 4.74 Å². The number of fused-ring (bicyclic) bond motifs is 1. The van der Waals surface area contributed by atoms with Crippen molar-refractivity contribution in [1.82, 2.24) is 4.90 Å². The predicted molar refractivity (Wildman–Crippen MR) is 109 cm³/mol. The van der Waals surface area contributed by atoms with Crippen LogP contribution in [0, 0.1) is 11.3 Å².